The van der Waals surface area contributed by atoms with E-state index in [9.17, 15) is 18.0 Å². The number of carbonyl (C=O) groups is 1. The van der Waals surface area contributed by atoms with Crippen LogP contribution in [0.4, 0.5) is 13.2 Å². The fourth-order valence-electron chi connectivity index (χ4n) is 1.42. The quantitative estimate of drug-likeness (QED) is 0.858. The molecule has 1 unspecified atom stereocenters. The standard InChI is InChI=1S/C11H12F3NO2/c1-7-3-2-4-8(5-7)9(10(16)17)15-6-11(12,13)14/h2-5,9,15H,6H2,1H3,(H,16,17). The molecule has 0 spiro atoms. The molecule has 0 aliphatic heterocycles. The Morgan fingerprint density at radius 2 is 2.12 bits per heavy atom. The smallest absolute Gasteiger partial charge is 0.401 e. The zero-order chi connectivity index (χ0) is 13.1. The molecule has 1 aromatic rings. The molecule has 0 aliphatic carbocycles. The van der Waals surface area contributed by atoms with Gasteiger partial charge in [-0.15, -0.1) is 0 Å². The summed E-state index contributed by atoms with van der Waals surface area (Å²) in [6.07, 6.45) is -4.43. The van der Waals surface area contributed by atoms with E-state index in [0.717, 1.165) is 5.56 Å². The van der Waals surface area contributed by atoms with Crippen molar-refractivity contribution in [2.45, 2.75) is 19.1 Å². The largest absolute Gasteiger partial charge is 0.480 e. The van der Waals surface area contributed by atoms with Crippen molar-refractivity contribution < 1.29 is 23.1 Å². The van der Waals surface area contributed by atoms with Crippen LogP contribution in [0.1, 0.15) is 17.2 Å². The summed E-state index contributed by atoms with van der Waals surface area (Å²) < 4.78 is 36.1. The van der Waals surface area contributed by atoms with Crippen LogP contribution >= 0.6 is 0 Å². The van der Waals surface area contributed by atoms with Crippen LogP contribution in [0.2, 0.25) is 0 Å². The number of halogens is 3. The lowest BCUT2D eigenvalue weighted by atomic mass is 10.0. The van der Waals surface area contributed by atoms with Gasteiger partial charge in [0.15, 0.2) is 0 Å². The molecule has 0 fully saturated rings. The Morgan fingerprint density at radius 1 is 1.47 bits per heavy atom. The monoisotopic (exact) mass is 247 g/mol. The van der Waals surface area contributed by atoms with Gasteiger partial charge in [-0.25, -0.2) is 0 Å². The van der Waals surface area contributed by atoms with E-state index < -0.39 is 24.7 Å². The first-order valence-electron chi connectivity index (χ1n) is 4.89. The van der Waals surface area contributed by atoms with Crippen molar-refractivity contribution in [1.82, 2.24) is 5.32 Å². The van der Waals surface area contributed by atoms with Gasteiger partial charge in [0.1, 0.15) is 6.04 Å². The minimum absolute atomic E-state index is 0.307. The van der Waals surface area contributed by atoms with Crippen LogP contribution in [-0.2, 0) is 4.79 Å². The summed E-state index contributed by atoms with van der Waals surface area (Å²) in [6, 6.07) is 5.02. The molecule has 1 aromatic carbocycles. The van der Waals surface area contributed by atoms with Gasteiger partial charge in [-0.1, -0.05) is 29.8 Å². The zero-order valence-corrected chi connectivity index (χ0v) is 9.08. The molecule has 6 heteroatoms. The summed E-state index contributed by atoms with van der Waals surface area (Å²) >= 11 is 0. The maximum atomic E-state index is 12.0. The summed E-state index contributed by atoms with van der Waals surface area (Å²) in [5, 5.41) is 10.9. The molecular weight excluding hydrogens is 235 g/mol. The molecule has 0 aromatic heterocycles. The number of benzene rings is 1. The third-order valence-corrected chi connectivity index (χ3v) is 2.13. The van der Waals surface area contributed by atoms with E-state index in [-0.39, 0.29) is 0 Å². The Bertz CT molecular complexity index is 404. The highest BCUT2D eigenvalue weighted by Crippen LogP contribution is 2.18. The van der Waals surface area contributed by atoms with E-state index in [1.165, 1.54) is 6.07 Å². The average molecular weight is 247 g/mol. The average Bonchev–Trinajstić information content (AvgIpc) is 2.15. The number of nitrogens with one attached hydrogen (secondary N) is 1. The van der Waals surface area contributed by atoms with Crippen LogP contribution in [0.5, 0.6) is 0 Å². The fraction of sp³-hybridized carbons (Fsp3) is 0.364. The topological polar surface area (TPSA) is 49.3 Å². The second-order valence-electron chi connectivity index (χ2n) is 3.68. The highest BCUT2D eigenvalue weighted by atomic mass is 19.4. The third kappa shape index (κ3) is 4.44. The van der Waals surface area contributed by atoms with E-state index in [0.29, 0.717) is 5.56 Å². The molecule has 0 aliphatic rings. The fourth-order valence-corrected chi connectivity index (χ4v) is 1.42. The van der Waals surface area contributed by atoms with Gasteiger partial charge in [0.2, 0.25) is 0 Å². The molecule has 17 heavy (non-hydrogen) atoms. The SMILES string of the molecule is Cc1cccc(C(NCC(F)(F)F)C(=O)O)c1. The van der Waals surface area contributed by atoms with Crippen molar-refractivity contribution in [2.75, 3.05) is 6.54 Å². The van der Waals surface area contributed by atoms with E-state index in [1.807, 2.05) is 5.32 Å². The number of aryl methyl sites for hydroxylation is 1. The Kier molecular flexibility index (Phi) is 4.11. The summed E-state index contributed by atoms with van der Waals surface area (Å²) in [4.78, 5) is 10.9. The van der Waals surface area contributed by atoms with Gasteiger partial charge in [0, 0.05) is 0 Å². The van der Waals surface area contributed by atoms with E-state index in [4.69, 9.17) is 5.11 Å². The molecule has 1 rings (SSSR count). The number of hydrogen-bond acceptors (Lipinski definition) is 2. The molecule has 0 saturated carbocycles. The first kappa shape index (κ1) is 13.5. The summed E-state index contributed by atoms with van der Waals surface area (Å²) in [5.41, 5.74) is 1.10. The van der Waals surface area contributed by atoms with Crippen LogP contribution in [0.3, 0.4) is 0 Å². The maximum Gasteiger partial charge on any atom is 0.401 e. The Balaban J connectivity index is 2.83. The van der Waals surface area contributed by atoms with Gasteiger partial charge in [-0.3, -0.25) is 10.1 Å². The first-order valence-corrected chi connectivity index (χ1v) is 4.89. The molecule has 3 nitrogen and oxygen atoms in total. The lowest BCUT2D eigenvalue weighted by molar-refractivity contribution is -0.143. The van der Waals surface area contributed by atoms with Crippen LogP contribution in [0, 0.1) is 6.92 Å². The van der Waals surface area contributed by atoms with Gasteiger partial charge < -0.3 is 5.11 Å². The molecule has 0 bridgehead atoms. The van der Waals surface area contributed by atoms with Gasteiger partial charge in [0.25, 0.3) is 0 Å². The number of aliphatic carboxylic acids is 1. The Morgan fingerprint density at radius 3 is 2.59 bits per heavy atom. The van der Waals surface area contributed by atoms with Crippen molar-refractivity contribution >= 4 is 5.97 Å². The normalized spacial score (nSPS) is 13.4. The Hall–Kier alpha value is -1.56. The van der Waals surface area contributed by atoms with Crippen molar-refractivity contribution in [1.29, 1.82) is 0 Å². The van der Waals surface area contributed by atoms with Gasteiger partial charge in [-0.2, -0.15) is 13.2 Å². The van der Waals surface area contributed by atoms with Crippen molar-refractivity contribution in [3.63, 3.8) is 0 Å². The molecule has 0 heterocycles. The second kappa shape index (κ2) is 5.18. The molecule has 0 amide bonds. The maximum absolute atomic E-state index is 12.0. The molecule has 0 saturated heterocycles. The predicted molar refractivity (Wildman–Crippen MR) is 55.6 cm³/mol. The zero-order valence-electron chi connectivity index (χ0n) is 9.08. The molecule has 94 valence electrons. The lowest BCUT2D eigenvalue weighted by Gasteiger charge is -2.16. The summed E-state index contributed by atoms with van der Waals surface area (Å²) in [5.74, 6) is -1.33. The predicted octanol–water partition coefficient (Wildman–Crippen LogP) is 2.27. The van der Waals surface area contributed by atoms with E-state index in [2.05, 4.69) is 0 Å². The van der Waals surface area contributed by atoms with Crippen molar-refractivity contribution in [2.24, 2.45) is 0 Å². The molecule has 0 radical (unpaired) electrons. The molecular formula is C11H12F3NO2. The lowest BCUT2D eigenvalue weighted by Crippen LogP contribution is -2.36. The number of rotatable bonds is 4. The number of carboxylic acid groups (broad SMARTS) is 1. The highest BCUT2D eigenvalue weighted by Gasteiger charge is 2.30. The molecule has 2 N–H and O–H groups in total. The van der Waals surface area contributed by atoms with Crippen LogP contribution < -0.4 is 5.32 Å². The van der Waals surface area contributed by atoms with E-state index >= 15 is 0 Å². The number of hydrogen-bond donors (Lipinski definition) is 2. The molecule has 1 atom stereocenters. The van der Waals surface area contributed by atoms with Gasteiger partial charge >= 0.3 is 12.1 Å². The second-order valence-corrected chi connectivity index (χ2v) is 3.68. The van der Waals surface area contributed by atoms with Crippen molar-refractivity contribution in [3.8, 4) is 0 Å². The Labute approximate surface area is 96.3 Å². The van der Waals surface area contributed by atoms with Crippen molar-refractivity contribution in [3.05, 3.63) is 35.4 Å². The van der Waals surface area contributed by atoms with Crippen LogP contribution in [0.25, 0.3) is 0 Å². The van der Waals surface area contributed by atoms with Crippen LogP contribution in [0.15, 0.2) is 24.3 Å². The highest BCUT2D eigenvalue weighted by molar-refractivity contribution is 5.75. The third-order valence-electron chi connectivity index (χ3n) is 2.13. The number of carboxylic acids is 1. The number of alkyl halides is 3. The first-order chi connectivity index (χ1) is 7.79. The summed E-state index contributed by atoms with van der Waals surface area (Å²) in [6.45, 7) is 0.407. The minimum Gasteiger partial charge on any atom is -0.480 e. The van der Waals surface area contributed by atoms with E-state index in [1.54, 1.807) is 25.1 Å². The minimum atomic E-state index is -4.43. The van der Waals surface area contributed by atoms with Gasteiger partial charge in [-0.05, 0) is 12.5 Å². The van der Waals surface area contributed by atoms with Crippen LogP contribution in [-0.4, -0.2) is 23.8 Å². The van der Waals surface area contributed by atoms with Gasteiger partial charge in [0.05, 0.1) is 6.54 Å². The summed E-state index contributed by atoms with van der Waals surface area (Å²) in [7, 11) is 0.